The molecule has 5 heteroatoms. The maximum atomic E-state index is 12.0. The van der Waals surface area contributed by atoms with Crippen LogP contribution < -0.4 is 5.32 Å². The minimum atomic E-state index is -0.695. The second-order valence-corrected chi connectivity index (χ2v) is 5.87. The number of amides is 1. The number of nitrogens with one attached hydrogen (secondary N) is 1. The van der Waals surface area contributed by atoms with Crippen molar-refractivity contribution in [1.29, 1.82) is 0 Å². The maximum absolute atomic E-state index is 12.0. The summed E-state index contributed by atoms with van der Waals surface area (Å²) in [6.45, 7) is 0.204. The van der Waals surface area contributed by atoms with Gasteiger partial charge in [-0.3, -0.25) is 0 Å². The molecule has 1 amide bonds. The molecule has 0 aromatic heterocycles. The molecule has 23 heavy (non-hydrogen) atoms. The monoisotopic (exact) mass is 377 g/mol. The summed E-state index contributed by atoms with van der Waals surface area (Å²) in [5.74, 6) is 0. The summed E-state index contributed by atoms with van der Waals surface area (Å²) in [6.07, 6.45) is -0.692. The first-order valence-electron chi connectivity index (χ1n) is 7.44. The molecule has 2 N–H and O–H groups in total. The van der Waals surface area contributed by atoms with Crippen LogP contribution in [-0.4, -0.2) is 28.7 Å². The summed E-state index contributed by atoms with van der Waals surface area (Å²) in [6, 6.07) is 18.8. The summed E-state index contributed by atoms with van der Waals surface area (Å²) in [7, 11) is 0. The number of alkyl halides is 1. The Balaban J connectivity index is 1.90. The van der Waals surface area contributed by atoms with Crippen LogP contribution in [0, 0.1) is 0 Å². The average molecular weight is 378 g/mol. The molecule has 2 atom stereocenters. The zero-order valence-electron chi connectivity index (χ0n) is 12.7. The van der Waals surface area contributed by atoms with Crippen molar-refractivity contribution >= 4 is 22.0 Å². The number of ether oxygens (including phenoxy) is 1. The van der Waals surface area contributed by atoms with Gasteiger partial charge in [0.05, 0.1) is 12.1 Å². The van der Waals surface area contributed by atoms with Gasteiger partial charge >= 0.3 is 6.09 Å². The molecule has 0 spiro atoms. The van der Waals surface area contributed by atoms with Crippen molar-refractivity contribution < 1.29 is 14.6 Å². The molecule has 0 saturated heterocycles. The van der Waals surface area contributed by atoms with Gasteiger partial charge in [-0.1, -0.05) is 76.6 Å². The predicted octanol–water partition coefficient (Wildman–Crippen LogP) is 3.28. The van der Waals surface area contributed by atoms with Crippen molar-refractivity contribution in [3.05, 3.63) is 71.8 Å². The first-order valence-corrected chi connectivity index (χ1v) is 8.56. The normalized spacial score (nSPS) is 13.1. The van der Waals surface area contributed by atoms with E-state index >= 15 is 0 Å². The molecule has 2 aromatic rings. The molecule has 2 rings (SSSR count). The third kappa shape index (κ3) is 6.04. The molecule has 0 unspecified atom stereocenters. The third-order valence-electron chi connectivity index (χ3n) is 3.44. The molecular weight excluding hydrogens is 358 g/mol. The smallest absolute Gasteiger partial charge is 0.407 e. The summed E-state index contributed by atoms with van der Waals surface area (Å²) < 4.78 is 5.21. The van der Waals surface area contributed by atoms with Gasteiger partial charge in [0, 0.05) is 5.33 Å². The number of carbonyl (C=O) groups excluding carboxylic acids is 1. The molecule has 2 aromatic carbocycles. The summed E-state index contributed by atoms with van der Waals surface area (Å²) in [5.41, 5.74) is 1.96. The van der Waals surface area contributed by atoms with Gasteiger partial charge in [-0.15, -0.1) is 0 Å². The maximum Gasteiger partial charge on any atom is 0.407 e. The standard InChI is InChI=1S/C18H20BrNO3/c19-12-17(21)16(11-14-7-3-1-4-8-14)20-18(22)23-13-15-9-5-2-6-10-15/h1-10,16-17,21H,11-13H2,(H,20,22)/t16-,17+/m0/s1. The zero-order chi connectivity index (χ0) is 16.5. The Morgan fingerprint density at radius 1 is 1.04 bits per heavy atom. The first-order chi connectivity index (χ1) is 11.2. The third-order valence-corrected chi connectivity index (χ3v) is 4.10. The van der Waals surface area contributed by atoms with Gasteiger partial charge in [0.15, 0.2) is 0 Å². The van der Waals surface area contributed by atoms with E-state index in [2.05, 4.69) is 21.2 Å². The van der Waals surface area contributed by atoms with Crippen molar-refractivity contribution in [2.24, 2.45) is 0 Å². The van der Waals surface area contributed by atoms with Crippen LogP contribution in [0.4, 0.5) is 4.79 Å². The van der Waals surface area contributed by atoms with Crippen molar-refractivity contribution in [3.63, 3.8) is 0 Å². The summed E-state index contributed by atoms with van der Waals surface area (Å²) in [5, 5.41) is 13.2. The fourth-order valence-corrected chi connectivity index (χ4v) is 2.63. The van der Waals surface area contributed by atoms with E-state index < -0.39 is 18.2 Å². The van der Waals surface area contributed by atoms with E-state index in [-0.39, 0.29) is 6.61 Å². The van der Waals surface area contributed by atoms with E-state index in [4.69, 9.17) is 4.74 Å². The van der Waals surface area contributed by atoms with Crippen molar-refractivity contribution in [2.45, 2.75) is 25.2 Å². The fraction of sp³-hybridized carbons (Fsp3) is 0.278. The van der Waals surface area contributed by atoms with Crippen LogP contribution in [0.5, 0.6) is 0 Å². The second kappa shape index (κ2) is 9.33. The zero-order valence-corrected chi connectivity index (χ0v) is 14.3. The van der Waals surface area contributed by atoms with Crippen molar-refractivity contribution in [2.75, 3.05) is 5.33 Å². The number of aliphatic hydroxyl groups is 1. The highest BCUT2D eigenvalue weighted by atomic mass is 79.9. The highest BCUT2D eigenvalue weighted by Gasteiger charge is 2.21. The van der Waals surface area contributed by atoms with Gasteiger partial charge < -0.3 is 15.2 Å². The molecule has 0 aliphatic heterocycles. The van der Waals surface area contributed by atoms with E-state index in [1.165, 1.54) is 0 Å². The van der Waals surface area contributed by atoms with E-state index in [9.17, 15) is 9.90 Å². The molecule has 0 aliphatic rings. The molecule has 0 fully saturated rings. The Morgan fingerprint density at radius 3 is 2.17 bits per heavy atom. The van der Waals surface area contributed by atoms with E-state index in [0.29, 0.717) is 11.8 Å². The number of aliphatic hydroxyl groups excluding tert-OH is 1. The van der Waals surface area contributed by atoms with Crippen LogP contribution in [-0.2, 0) is 17.8 Å². The lowest BCUT2D eigenvalue weighted by Crippen LogP contribution is -2.45. The largest absolute Gasteiger partial charge is 0.445 e. The van der Waals surface area contributed by atoms with Gasteiger partial charge in [0.1, 0.15) is 6.61 Å². The number of halogens is 1. The number of rotatable bonds is 7. The molecule has 0 saturated carbocycles. The minimum absolute atomic E-state index is 0.204. The van der Waals surface area contributed by atoms with E-state index in [0.717, 1.165) is 11.1 Å². The quantitative estimate of drug-likeness (QED) is 0.727. The summed E-state index contributed by atoms with van der Waals surface area (Å²) >= 11 is 3.25. The van der Waals surface area contributed by atoms with Crippen LogP contribution in [0.25, 0.3) is 0 Å². The van der Waals surface area contributed by atoms with Crippen molar-refractivity contribution in [3.8, 4) is 0 Å². The summed E-state index contributed by atoms with van der Waals surface area (Å²) in [4.78, 5) is 12.0. The Hall–Kier alpha value is -1.85. The van der Waals surface area contributed by atoms with Gasteiger partial charge in [0.25, 0.3) is 0 Å². The number of benzene rings is 2. The van der Waals surface area contributed by atoms with Crippen LogP contribution in [0.3, 0.4) is 0 Å². The molecule has 0 aliphatic carbocycles. The lowest BCUT2D eigenvalue weighted by atomic mass is 10.0. The lowest BCUT2D eigenvalue weighted by Gasteiger charge is -2.22. The molecule has 4 nitrogen and oxygen atoms in total. The highest BCUT2D eigenvalue weighted by Crippen LogP contribution is 2.09. The number of carbonyl (C=O) groups is 1. The van der Waals surface area contributed by atoms with Crippen molar-refractivity contribution in [1.82, 2.24) is 5.32 Å². The molecule has 122 valence electrons. The number of alkyl carbamates (subject to hydrolysis) is 1. The van der Waals surface area contributed by atoms with Gasteiger partial charge in [-0.25, -0.2) is 4.79 Å². The van der Waals surface area contributed by atoms with Crippen LogP contribution in [0.15, 0.2) is 60.7 Å². The van der Waals surface area contributed by atoms with E-state index in [1.54, 1.807) is 0 Å². The fourth-order valence-electron chi connectivity index (χ4n) is 2.17. The Morgan fingerprint density at radius 2 is 1.61 bits per heavy atom. The SMILES string of the molecule is O=C(N[C@@H](Cc1ccccc1)[C@H](O)CBr)OCc1ccccc1. The second-order valence-electron chi connectivity index (χ2n) is 5.22. The van der Waals surface area contributed by atoms with Gasteiger partial charge in [0.2, 0.25) is 0 Å². The predicted molar refractivity (Wildman–Crippen MR) is 93.5 cm³/mol. The minimum Gasteiger partial charge on any atom is -0.445 e. The van der Waals surface area contributed by atoms with Crippen LogP contribution in [0.2, 0.25) is 0 Å². The molecule has 0 bridgehead atoms. The average Bonchev–Trinajstić information content (AvgIpc) is 2.60. The Kier molecular flexibility index (Phi) is 7.10. The van der Waals surface area contributed by atoms with Crippen LogP contribution >= 0.6 is 15.9 Å². The molecular formula is C18H20BrNO3. The topological polar surface area (TPSA) is 58.6 Å². The van der Waals surface area contributed by atoms with Crippen LogP contribution in [0.1, 0.15) is 11.1 Å². The number of hydrogen-bond donors (Lipinski definition) is 2. The van der Waals surface area contributed by atoms with E-state index in [1.807, 2.05) is 60.7 Å². The first kappa shape index (κ1) is 17.5. The molecule has 0 radical (unpaired) electrons. The number of hydrogen-bond acceptors (Lipinski definition) is 3. The molecule has 0 heterocycles. The lowest BCUT2D eigenvalue weighted by molar-refractivity contribution is 0.111. The highest BCUT2D eigenvalue weighted by molar-refractivity contribution is 9.09. The van der Waals surface area contributed by atoms with Gasteiger partial charge in [-0.05, 0) is 17.5 Å². The van der Waals surface area contributed by atoms with Gasteiger partial charge in [-0.2, -0.15) is 0 Å². The Bertz CT molecular complexity index is 592. The Labute approximate surface area is 144 Å².